The molecule has 6 heteroatoms. The van der Waals surface area contributed by atoms with Crippen molar-refractivity contribution >= 4 is 12.0 Å². The molecule has 0 unspecified atom stereocenters. The third-order valence-corrected chi connectivity index (χ3v) is 2.58. The molecule has 1 fully saturated rings. The van der Waals surface area contributed by atoms with Crippen LogP contribution in [0, 0.1) is 0 Å². The molecule has 0 aromatic carbocycles. The van der Waals surface area contributed by atoms with Crippen LogP contribution in [-0.2, 0) is 16.1 Å². The van der Waals surface area contributed by atoms with Gasteiger partial charge in [0, 0.05) is 12.7 Å². The molecule has 96 valence electrons. The van der Waals surface area contributed by atoms with Gasteiger partial charge in [-0.15, -0.1) is 0 Å². The summed E-state index contributed by atoms with van der Waals surface area (Å²) in [6.07, 6.45) is 2.01. The van der Waals surface area contributed by atoms with Crippen LogP contribution in [0.4, 0.5) is 4.79 Å². The Morgan fingerprint density at radius 3 is 3.11 bits per heavy atom. The second-order valence-electron chi connectivity index (χ2n) is 3.99. The zero-order valence-corrected chi connectivity index (χ0v) is 9.96. The van der Waals surface area contributed by atoms with Crippen LogP contribution in [0.1, 0.15) is 12.1 Å². The molecule has 2 amide bonds. The van der Waals surface area contributed by atoms with Gasteiger partial charge in [-0.3, -0.25) is 14.7 Å². The molecular weight excluding hydrogens is 234 g/mol. The Bertz CT molecular complexity index is 422. The number of amides is 2. The third kappa shape index (κ3) is 3.44. The zero-order valence-electron chi connectivity index (χ0n) is 9.96. The minimum atomic E-state index is -0.422. The first kappa shape index (κ1) is 12.3. The minimum Gasteiger partial charge on any atom is -0.449 e. The molecule has 0 spiro atoms. The average molecular weight is 249 g/mol. The van der Waals surface area contributed by atoms with Crippen LogP contribution in [0.15, 0.2) is 24.4 Å². The van der Waals surface area contributed by atoms with Crippen molar-refractivity contribution in [3.05, 3.63) is 30.1 Å². The average Bonchev–Trinajstić information content (AvgIpc) is 2.40. The second kappa shape index (κ2) is 6.00. The standard InChI is InChI=1S/C12H15N3O3/c16-11(9-15-6-3-7-18-12(15)17)14-8-10-4-1-2-5-13-10/h1-2,4-5H,3,6-9H2,(H,14,16). The zero-order chi connectivity index (χ0) is 12.8. The maximum absolute atomic E-state index is 11.6. The molecule has 1 aromatic rings. The fraction of sp³-hybridized carbons (Fsp3) is 0.417. The first-order chi connectivity index (χ1) is 8.75. The smallest absolute Gasteiger partial charge is 0.410 e. The normalized spacial score (nSPS) is 15.1. The summed E-state index contributed by atoms with van der Waals surface area (Å²) >= 11 is 0. The Hall–Kier alpha value is -2.11. The highest BCUT2D eigenvalue weighted by Gasteiger charge is 2.21. The van der Waals surface area contributed by atoms with Gasteiger partial charge in [-0.2, -0.15) is 0 Å². The lowest BCUT2D eigenvalue weighted by atomic mass is 10.3. The van der Waals surface area contributed by atoms with Crippen molar-refractivity contribution in [2.45, 2.75) is 13.0 Å². The molecule has 1 aromatic heterocycles. The van der Waals surface area contributed by atoms with E-state index in [2.05, 4.69) is 10.3 Å². The van der Waals surface area contributed by atoms with Crippen molar-refractivity contribution in [1.29, 1.82) is 0 Å². The minimum absolute atomic E-state index is 0.0334. The molecule has 0 saturated carbocycles. The fourth-order valence-electron chi connectivity index (χ4n) is 1.66. The predicted octanol–water partition coefficient (Wildman–Crippen LogP) is 0.540. The Labute approximate surface area is 105 Å². The van der Waals surface area contributed by atoms with Crippen molar-refractivity contribution in [3.8, 4) is 0 Å². The molecule has 18 heavy (non-hydrogen) atoms. The van der Waals surface area contributed by atoms with Crippen molar-refractivity contribution < 1.29 is 14.3 Å². The number of rotatable bonds is 4. The molecular formula is C12H15N3O3. The van der Waals surface area contributed by atoms with Crippen LogP contribution in [0.5, 0.6) is 0 Å². The van der Waals surface area contributed by atoms with E-state index in [4.69, 9.17) is 4.74 Å². The number of carbonyl (C=O) groups is 2. The lowest BCUT2D eigenvalue weighted by Gasteiger charge is -2.25. The summed E-state index contributed by atoms with van der Waals surface area (Å²) in [4.78, 5) is 28.4. The molecule has 1 saturated heterocycles. The van der Waals surface area contributed by atoms with Gasteiger partial charge in [0.1, 0.15) is 6.54 Å². The van der Waals surface area contributed by atoms with E-state index in [0.29, 0.717) is 19.7 Å². The first-order valence-electron chi connectivity index (χ1n) is 5.84. The summed E-state index contributed by atoms with van der Waals surface area (Å²) in [5, 5.41) is 2.72. The van der Waals surface area contributed by atoms with Gasteiger partial charge in [-0.25, -0.2) is 4.79 Å². The van der Waals surface area contributed by atoms with Crippen molar-refractivity contribution in [2.75, 3.05) is 19.7 Å². The van der Waals surface area contributed by atoms with Gasteiger partial charge < -0.3 is 10.1 Å². The van der Waals surface area contributed by atoms with Gasteiger partial charge in [0.25, 0.3) is 0 Å². The van der Waals surface area contributed by atoms with Crippen LogP contribution < -0.4 is 5.32 Å². The number of nitrogens with zero attached hydrogens (tertiary/aromatic N) is 2. The summed E-state index contributed by atoms with van der Waals surface area (Å²) in [7, 11) is 0. The van der Waals surface area contributed by atoms with Gasteiger partial charge in [0.05, 0.1) is 18.8 Å². The van der Waals surface area contributed by atoms with Crippen molar-refractivity contribution in [3.63, 3.8) is 0 Å². The van der Waals surface area contributed by atoms with Gasteiger partial charge in [-0.1, -0.05) is 6.07 Å². The molecule has 2 heterocycles. The molecule has 2 rings (SSSR count). The van der Waals surface area contributed by atoms with Crippen LogP contribution in [0.2, 0.25) is 0 Å². The Kier molecular flexibility index (Phi) is 4.11. The van der Waals surface area contributed by atoms with Gasteiger partial charge >= 0.3 is 6.09 Å². The number of hydrogen-bond acceptors (Lipinski definition) is 4. The highest BCUT2D eigenvalue weighted by atomic mass is 16.6. The molecule has 0 atom stereocenters. The van der Waals surface area contributed by atoms with Crippen LogP contribution in [-0.4, -0.2) is 41.6 Å². The van der Waals surface area contributed by atoms with E-state index in [1.54, 1.807) is 6.20 Å². The maximum atomic E-state index is 11.6. The second-order valence-corrected chi connectivity index (χ2v) is 3.99. The summed E-state index contributed by atoms with van der Waals surface area (Å²) in [5.41, 5.74) is 0.784. The number of pyridine rings is 1. The number of aromatic nitrogens is 1. The highest BCUT2D eigenvalue weighted by molar-refractivity contribution is 5.82. The van der Waals surface area contributed by atoms with E-state index in [1.165, 1.54) is 4.90 Å². The Morgan fingerprint density at radius 1 is 1.50 bits per heavy atom. The molecule has 1 N–H and O–H groups in total. The molecule has 1 aliphatic heterocycles. The Balaban J connectivity index is 1.76. The molecule has 0 radical (unpaired) electrons. The number of carbonyl (C=O) groups excluding carboxylic acids is 2. The van der Waals surface area contributed by atoms with Gasteiger partial charge in [0.15, 0.2) is 0 Å². The number of ether oxygens (including phenoxy) is 1. The fourth-order valence-corrected chi connectivity index (χ4v) is 1.66. The van der Waals surface area contributed by atoms with Crippen LogP contribution in [0.3, 0.4) is 0 Å². The van der Waals surface area contributed by atoms with E-state index >= 15 is 0 Å². The van der Waals surface area contributed by atoms with Crippen LogP contribution in [0.25, 0.3) is 0 Å². The molecule has 6 nitrogen and oxygen atoms in total. The molecule has 1 aliphatic rings. The highest BCUT2D eigenvalue weighted by Crippen LogP contribution is 2.03. The van der Waals surface area contributed by atoms with Crippen LogP contribution >= 0.6 is 0 Å². The summed E-state index contributed by atoms with van der Waals surface area (Å²) in [5.74, 6) is -0.209. The van der Waals surface area contributed by atoms with E-state index < -0.39 is 6.09 Å². The van der Waals surface area contributed by atoms with Gasteiger partial charge in [0.2, 0.25) is 5.91 Å². The Morgan fingerprint density at radius 2 is 2.39 bits per heavy atom. The summed E-state index contributed by atoms with van der Waals surface area (Å²) in [6.45, 7) is 1.40. The molecule has 0 bridgehead atoms. The van der Waals surface area contributed by atoms with Crippen molar-refractivity contribution in [1.82, 2.24) is 15.2 Å². The topological polar surface area (TPSA) is 71.5 Å². The van der Waals surface area contributed by atoms with E-state index in [1.807, 2.05) is 18.2 Å². The van der Waals surface area contributed by atoms with Gasteiger partial charge in [-0.05, 0) is 18.6 Å². The van der Waals surface area contributed by atoms with E-state index in [9.17, 15) is 9.59 Å². The quantitative estimate of drug-likeness (QED) is 0.845. The lowest BCUT2D eigenvalue weighted by Crippen LogP contribution is -2.44. The third-order valence-electron chi connectivity index (χ3n) is 2.58. The largest absolute Gasteiger partial charge is 0.449 e. The number of hydrogen-bond donors (Lipinski definition) is 1. The summed E-state index contributed by atoms with van der Waals surface area (Å²) < 4.78 is 4.85. The summed E-state index contributed by atoms with van der Waals surface area (Å²) in [6, 6.07) is 5.50. The number of nitrogens with one attached hydrogen (secondary N) is 1. The molecule has 0 aliphatic carbocycles. The lowest BCUT2D eigenvalue weighted by molar-refractivity contribution is -0.122. The van der Waals surface area contributed by atoms with E-state index in [0.717, 1.165) is 12.1 Å². The maximum Gasteiger partial charge on any atom is 0.410 e. The predicted molar refractivity (Wildman–Crippen MR) is 63.6 cm³/mol. The SMILES string of the molecule is O=C(CN1CCCOC1=O)NCc1ccccn1. The van der Waals surface area contributed by atoms with E-state index in [-0.39, 0.29) is 12.5 Å². The monoisotopic (exact) mass is 249 g/mol. The first-order valence-corrected chi connectivity index (χ1v) is 5.84. The van der Waals surface area contributed by atoms with Crippen molar-refractivity contribution in [2.24, 2.45) is 0 Å². The number of cyclic esters (lactones) is 1.